The minimum atomic E-state index is -1.18. The molecule has 1 aromatic carbocycles. The molecule has 0 N–H and O–H groups in total. The molecule has 3 unspecified atom stereocenters. The lowest BCUT2D eigenvalue weighted by Gasteiger charge is -2.37. The zero-order chi connectivity index (χ0) is 24.1. The van der Waals surface area contributed by atoms with E-state index in [0.717, 1.165) is 64.4 Å². The van der Waals surface area contributed by atoms with Crippen molar-refractivity contribution in [2.45, 2.75) is 95.7 Å². The zero-order valence-corrected chi connectivity index (χ0v) is 20.6. The molecule has 5 heteroatoms. The number of allylic oxidation sites excluding steroid dienone is 1. The van der Waals surface area contributed by atoms with E-state index in [9.17, 15) is 13.2 Å². The van der Waals surface area contributed by atoms with Crippen molar-refractivity contribution < 1.29 is 22.6 Å². The SMILES string of the molecule is C=CC1CCC(c2ccc(OCC(F)CC3CCC(C4CCC(C)CO4)CC3)c(F)c2F)CC1. The number of ether oxygens (including phenoxy) is 2. The lowest BCUT2D eigenvalue weighted by molar-refractivity contribution is -0.0552. The monoisotopic (exact) mass is 478 g/mol. The van der Waals surface area contributed by atoms with Gasteiger partial charge in [0.1, 0.15) is 12.8 Å². The van der Waals surface area contributed by atoms with Gasteiger partial charge in [-0.25, -0.2) is 8.78 Å². The van der Waals surface area contributed by atoms with Crippen LogP contribution in [0.4, 0.5) is 13.2 Å². The number of hydrogen-bond donors (Lipinski definition) is 0. The fraction of sp³-hybridized carbons (Fsp3) is 0.724. The number of alkyl halides is 1. The third-order valence-corrected chi connectivity index (χ3v) is 8.59. The van der Waals surface area contributed by atoms with Gasteiger partial charge >= 0.3 is 0 Å². The number of benzene rings is 1. The Morgan fingerprint density at radius 2 is 1.74 bits per heavy atom. The van der Waals surface area contributed by atoms with Crippen LogP contribution >= 0.6 is 0 Å². The predicted molar refractivity (Wildman–Crippen MR) is 130 cm³/mol. The van der Waals surface area contributed by atoms with E-state index in [2.05, 4.69) is 13.5 Å². The molecule has 2 saturated carbocycles. The van der Waals surface area contributed by atoms with Crippen molar-refractivity contribution in [1.82, 2.24) is 0 Å². The van der Waals surface area contributed by atoms with Crippen LogP contribution in [0.5, 0.6) is 5.75 Å². The first-order chi connectivity index (χ1) is 16.4. The summed E-state index contributed by atoms with van der Waals surface area (Å²) in [5.41, 5.74) is 0.414. The van der Waals surface area contributed by atoms with Crippen LogP contribution in [0.2, 0.25) is 0 Å². The Morgan fingerprint density at radius 3 is 2.38 bits per heavy atom. The van der Waals surface area contributed by atoms with Gasteiger partial charge in [-0.15, -0.1) is 6.58 Å². The van der Waals surface area contributed by atoms with Gasteiger partial charge in [-0.1, -0.05) is 19.1 Å². The quantitative estimate of drug-likeness (QED) is 0.351. The van der Waals surface area contributed by atoms with E-state index in [1.54, 1.807) is 6.07 Å². The number of halogens is 3. The van der Waals surface area contributed by atoms with Crippen LogP contribution in [0, 0.1) is 35.3 Å². The molecule has 0 amide bonds. The number of hydrogen-bond acceptors (Lipinski definition) is 2. The minimum Gasteiger partial charge on any atom is -0.487 e. The van der Waals surface area contributed by atoms with E-state index in [0.29, 0.717) is 41.8 Å². The van der Waals surface area contributed by atoms with Gasteiger partial charge in [0.15, 0.2) is 11.6 Å². The van der Waals surface area contributed by atoms with Crippen molar-refractivity contribution >= 4 is 0 Å². The molecule has 1 saturated heterocycles. The fourth-order valence-corrected chi connectivity index (χ4v) is 6.32. The summed E-state index contributed by atoms with van der Waals surface area (Å²) >= 11 is 0. The van der Waals surface area contributed by atoms with Crippen LogP contribution in [0.15, 0.2) is 24.8 Å². The molecule has 3 fully saturated rings. The lowest BCUT2D eigenvalue weighted by atomic mass is 9.76. The Hall–Kier alpha value is -1.49. The second-order valence-electron chi connectivity index (χ2n) is 11.1. The molecule has 0 radical (unpaired) electrons. The molecule has 0 aromatic heterocycles. The van der Waals surface area contributed by atoms with Gasteiger partial charge < -0.3 is 9.47 Å². The third kappa shape index (κ3) is 6.38. The zero-order valence-electron chi connectivity index (χ0n) is 20.6. The molecule has 1 aliphatic heterocycles. The summed E-state index contributed by atoms with van der Waals surface area (Å²) in [7, 11) is 0. The molecular formula is C29H41F3O2. The lowest BCUT2D eigenvalue weighted by Crippen LogP contribution is -2.34. The van der Waals surface area contributed by atoms with Crippen molar-refractivity contribution in [3.63, 3.8) is 0 Å². The number of rotatable bonds is 8. The Morgan fingerprint density at radius 1 is 1.00 bits per heavy atom. The van der Waals surface area contributed by atoms with Crippen LogP contribution in [-0.2, 0) is 4.74 Å². The highest BCUT2D eigenvalue weighted by molar-refractivity contribution is 5.33. The third-order valence-electron chi connectivity index (χ3n) is 8.59. The first-order valence-corrected chi connectivity index (χ1v) is 13.4. The Balaban J connectivity index is 1.21. The molecule has 0 bridgehead atoms. The predicted octanol–water partition coefficient (Wildman–Crippen LogP) is 8.15. The van der Waals surface area contributed by atoms with E-state index in [1.807, 2.05) is 6.08 Å². The van der Waals surface area contributed by atoms with Crippen LogP contribution in [0.3, 0.4) is 0 Å². The summed E-state index contributed by atoms with van der Waals surface area (Å²) in [5.74, 6) is 0.0553. The molecule has 4 rings (SSSR count). The minimum absolute atomic E-state index is 0.0196. The Labute approximate surface area is 203 Å². The summed E-state index contributed by atoms with van der Waals surface area (Å²) in [6.07, 6.45) is 11.7. The molecule has 2 aliphatic carbocycles. The topological polar surface area (TPSA) is 18.5 Å². The van der Waals surface area contributed by atoms with Crippen LogP contribution in [-0.4, -0.2) is 25.5 Å². The maximum Gasteiger partial charge on any atom is 0.200 e. The van der Waals surface area contributed by atoms with Gasteiger partial charge in [0.05, 0.1) is 6.10 Å². The smallest absolute Gasteiger partial charge is 0.200 e. The standard InChI is InChI=1S/C29H41F3O2/c1-3-20-5-9-22(10-6-20)25-13-15-27(29(32)28(25)31)34-18-24(30)16-21-7-11-23(12-8-21)26-14-4-19(2)17-33-26/h3,13,15,19-24,26H,1,4-12,14,16-18H2,2H3. The molecular weight excluding hydrogens is 437 g/mol. The molecule has 1 aromatic rings. The summed E-state index contributed by atoms with van der Waals surface area (Å²) < 4.78 is 55.5. The van der Waals surface area contributed by atoms with Crippen molar-refractivity contribution in [1.29, 1.82) is 0 Å². The van der Waals surface area contributed by atoms with Crippen molar-refractivity contribution in [2.75, 3.05) is 13.2 Å². The summed E-state index contributed by atoms with van der Waals surface area (Å²) in [6.45, 7) is 6.70. The van der Waals surface area contributed by atoms with Gasteiger partial charge in [-0.3, -0.25) is 0 Å². The molecule has 3 aliphatic rings. The van der Waals surface area contributed by atoms with Crippen LogP contribution < -0.4 is 4.74 Å². The highest BCUT2D eigenvalue weighted by Crippen LogP contribution is 2.40. The molecule has 190 valence electrons. The van der Waals surface area contributed by atoms with E-state index in [4.69, 9.17) is 9.47 Å². The second-order valence-corrected chi connectivity index (χ2v) is 11.1. The van der Waals surface area contributed by atoms with Crippen LogP contribution in [0.1, 0.15) is 89.0 Å². The summed E-state index contributed by atoms with van der Waals surface area (Å²) in [5, 5.41) is 0. The summed E-state index contributed by atoms with van der Waals surface area (Å²) in [6, 6.07) is 3.09. The van der Waals surface area contributed by atoms with Gasteiger partial charge in [-0.2, -0.15) is 4.39 Å². The average molecular weight is 479 g/mol. The van der Waals surface area contributed by atoms with Crippen LogP contribution in [0.25, 0.3) is 0 Å². The van der Waals surface area contributed by atoms with Crippen molar-refractivity contribution in [3.8, 4) is 5.75 Å². The first kappa shape index (κ1) is 25.6. The average Bonchev–Trinajstić information content (AvgIpc) is 2.86. The van der Waals surface area contributed by atoms with Gasteiger partial charge in [0.25, 0.3) is 0 Å². The second kappa shape index (κ2) is 12.0. The Kier molecular flexibility index (Phi) is 9.01. The molecule has 0 spiro atoms. The van der Waals surface area contributed by atoms with E-state index < -0.39 is 17.8 Å². The van der Waals surface area contributed by atoms with E-state index >= 15 is 0 Å². The Bertz CT molecular complexity index is 789. The first-order valence-electron chi connectivity index (χ1n) is 13.4. The van der Waals surface area contributed by atoms with Gasteiger partial charge in [-0.05, 0) is 112 Å². The van der Waals surface area contributed by atoms with Crippen molar-refractivity contribution in [3.05, 3.63) is 42.0 Å². The molecule has 1 heterocycles. The maximum absolute atomic E-state index is 14.8. The van der Waals surface area contributed by atoms with Gasteiger partial charge in [0.2, 0.25) is 5.82 Å². The molecule has 3 atom stereocenters. The largest absolute Gasteiger partial charge is 0.487 e. The highest BCUT2D eigenvalue weighted by Gasteiger charge is 2.32. The highest BCUT2D eigenvalue weighted by atomic mass is 19.2. The van der Waals surface area contributed by atoms with E-state index in [-0.39, 0.29) is 18.3 Å². The van der Waals surface area contributed by atoms with Crippen molar-refractivity contribution in [2.24, 2.45) is 23.7 Å². The van der Waals surface area contributed by atoms with E-state index in [1.165, 1.54) is 12.5 Å². The molecule has 2 nitrogen and oxygen atoms in total. The molecule has 34 heavy (non-hydrogen) atoms. The fourth-order valence-electron chi connectivity index (χ4n) is 6.32. The summed E-state index contributed by atoms with van der Waals surface area (Å²) in [4.78, 5) is 0. The normalized spacial score (nSPS) is 33.3. The maximum atomic E-state index is 14.8. The van der Waals surface area contributed by atoms with Gasteiger partial charge in [0, 0.05) is 6.61 Å².